The van der Waals surface area contributed by atoms with E-state index in [0.717, 1.165) is 34.9 Å². The van der Waals surface area contributed by atoms with Crippen molar-refractivity contribution in [2.45, 2.75) is 39.0 Å². The van der Waals surface area contributed by atoms with Crippen molar-refractivity contribution >= 4 is 16.6 Å². The van der Waals surface area contributed by atoms with E-state index in [1.54, 1.807) is 7.11 Å². The number of hydrogen-bond donors (Lipinski definition) is 0. The maximum atomic E-state index is 12.4. The number of benzene rings is 2. The van der Waals surface area contributed by atoms with Crippen molar-refractivity contribution in [1.29, 1.82) is 0 Å². The molecule has 0 atom stereocenters. The third-order valence-electron chi connectivity index (χ3n) is 3.65. The van der Waals surface area contributed by atoms with Gasteiger partial charge in [-0.1, -0.05) is 50.5 Å². The van der Waals surface area contributed by atoms with Crippen molar-refractivity contribution in [2.75, 3.05) is 7.11 Å². The van der Waals surface area contributed by atoms with E-state index in [9.17, 15) is 4.79 Å². The summed E-state index contributed by atoms with van der Waals surface area (Å²) in [5.74, 6) is 1.03. The van der Waals surface area contributed by atoms with Crippen LogP contribution in [-0.2, 0) is 0 Å². The molecule has 0 saturated heterocycles. The number of unbranched alkanes of at least 4 members (excludes halogenated alkanes) is 3. The van der Waals surface area contributed by atoms with Crippen LogP contribution < -0.4 is 4.74 Å². The van der Waals surface area contributed by atoms with Gasteiger partial charge in [-0.05, 0) is 29.3 Å². The Balaban J connectivity index is 2.22. The second-order valence-electron chi connectivity index (χ2n) is 5.13. The summed E-state index contributed by atoms with van der Waals surface area (Å²) in [5, 5.41) is 2.08. The maximum Gasteiger partial charge on any atom is 0.163 e. The monoisotopic (exact) mass is 270 g/mol. The fraction of sp³-hybridized carbons (Fsp3) is 0.389. The van der Waals surface area contributed by atoms with Crippen LogP contribution in [0.1, 0.15) is 49.4 Å². The minimum Gasteiger partial charge on any atom is -0.497 e. The lowest BCUT2D eigenvalue weighted by molar-refractivity contribution is 0.0980. The second kappa shape index (κ2) is 7.09. The molecule has 0 amide bonds. The SMILES string of the molecule is CCCCCCC(=O)c1cccc2ccc(OC)cc12. The molecule has 2 heteroatoms. The van der Waals surface area contributed by atoms with E-state index in [1.807, 2.05) is 36.4 Å². The Kier molecular flexibility index (Phi) is 5.16. The zero-order valence-electron chi connectivity index (χ0n) is 12.3. The zero-order chi connectivity index (χ0) is 14.4. The molecule has 0 bridgehead atoms. The number of fused-ring (bicyclic) bond motifs is 1. The molecule has 0 fully saturated rings. The zero-order valence-corrected chi connectivity index (χ0v) is 12.3. The van der Waals surface area contributed by atoms with E-state index in [4.69, 9.17) is 4.74 Å². The lowest BCUT2D eigenvalue weighted by Crippen LogP contribution is -2.00. The van der Waals surface area contributed by atoms with Crippen LogP contribution in [0.25, 0.3) is 10.8 Å². The Bertz CT molecular complexity index is 587. The van der Waals surface area contributed by atoms with E-state index in [1.165, 1.54) is 12.8 Å². The molecule has 2 aromatic rings. The first kappa shape index (κ1) is 14.6. The molecule has 2 aromatic carbocycles. The molecule has 2 rings (SSSR count). The van der Waals surface area contributed by atoms with Crippen molar-refractivity contribution in [1.82, 2.24) is 0 Å². The summed E-state index contributed by atoms with van der Waals surface area (Å²) >= 11 is 0. The number of carbonyl (C=O) groups is 1. The van der Waals surface area contributed by atoms with Crippen LogP contribution in [0.5, 0.6) is 5.75 Å². The quantitative estimate of drug-likeness (QED) is 0.522. The van der Waals surface area contributed by atoms with Gasteiger partial charge in [0.1, 0.15) is 5.75 Å². The van der Waals surface area contributed by atoms with Crippen molar-refractivity contribution < 1.29 is 9.53 Å². The van der Waals surface area contributed by atoms with E-state index in [-0.39, 0.29) is 5.78 Å². The van der Waals surface area contributed by atoms with Crippen LogP contribution in [0.2, 0.25) is 0 Å². The van der Waals surface area contributed by atoms with Gasteiger partial charge in [-0.15, -0.1) is 0 Å². The van der Waals surface area contributed by atoms with Crippen molar-refractivity contribution in [2.24, 2.45) is 0 Å². The van der Waals surface area contributed by atoms with Gasteiger partial charge in [0.2, 0.25) is 0 Å². The van der Waals surface area contributed by atoms with Gasteiger partial charge >= 0.3 is 0 Å². The molecule has 20 heavy (non-hydrogen) atoms. The lowest BCUT2D eigenvalue weighted by atomic mass is 9.98. The van der Waals surface area contributed by atoms with Gasteiger partial charge in [-0.3, -0.25) is 4.79 Å². The number of carbonyl (C=O) groups excluding carboxylic acids is 1. The summed E-state index contributed by atoms with van der Waals surface area (Å²) in [5.41, 5.74) is 0.817. The van der Waals surface area contributed by atoms with Crippen molar-refractivity contribution in [3.8, 4) is 5.75 Å². The van der Waals surface area contributed by atoms with E-state index in [0.29, 0.717) is 6.42 Å². The molecule has 0 aliphatic heterocycles. The Labute approximate surface area is 120 Å². The van der Waals surface area contributed by atoms with Crippen LogP contribution in [-0.4, -0.2) is 12.9 Å². The molecular weight excluding hydrogens is 248 g/mol. The molecule has 106 valence electrons. The van der Waals surface area contributed by atoms with Gasteiger partial charge in [0.15, 0.2) is 5.78 Å². The predicted octanol–water partition coefficient (Wildman–Crippen LogP) is 5.00. The standard InChI is InChI=1S/C18H22O2/c1-3-4-5-6-10-18(19)16-9-7-8-14-11-12-15(20-2)13-17(14)16/h7-9,11-13H,3-6,10H2,1-2H3. The topological polar surface area (TPSA) is 26.3 Å². The van der Waals surface area contributed by atoms with Crippen LogP contribution in [0.4, 0.5) is 0 Å². The molecule has 0 aliphatic carbocycles. The van der Waals surface area contributed by atoms with Crippen LogP contribution >= 0.6 is 0 Å². The van der Waals surface area contributed by atoms with Gasteiger partial charge in [0.25, 0.3) is 0 Å². The summed E-state index contributed by atoms with van der Waals surface area (Å²) in [6.45, 7) is 2.18. The summed E-state index contributed by atoms with van der Waals surface area (Å²) in [7, 11) is 1.65. The van der Waals surface area contributed by atoms with Crippen molar-refractivity contribution in [3.63, 3.8) is 0 Å². The first-order valence-corrected chi connectivity index (χ1v) is 7.36. The van der Waals surface area contributed by atoms with Gasteiger partial charge in [-0.2, -0.15) is 0 Å². The van der Waals surface area contributed by atoms with E-state index >= 15 is 0 Å². The number of hydrogen-bond acceptors (Lipinski definition) is 2. The first-order valence-electron chi connectivity index (χ1n) is 7.36. The highest BCUT2D eigenvalue weighted by atomic mass is 16.5. The van der Waals surface area contributed by atoms with E-state index in [2.05, 4.69) is 6.92 Å². The molecule has 2 nitrogen and oxygen atoms in total. The molecule has 0 aromatic heterocycles. The normalized spacial score (nSPS) is 10.7. The Morgan fingerprint density at radius 2 is 1.95 bits per heavy atom. The maximum absolute atomic E-state index is 12.4. The molecule has 0 unspecified atom stereocenters. The Morgan fingerprint density at radius 1 is 1.10 bits per heavy atom. The molecule has 0 N–H and O–H groups in total. The highest BCUT2D eigenvalue weighted by Crippen LogP contribution is 2.25. The average molecular weight is 270 g/mol. The highest BCUT2D eigenvalue weighted by molar-refractivity contribution is 6.08. The van der Waals surface area contributed by atoms with Gasteiger partial charge in [0.05, 0.1) is 7.11 Å². The van der Waals surface area contributed by atoms with Crippen molar-refractivity contribution in [3.05, 3.63) is 42.0 Å². The Hall–Kier alpha value is -1.83. The molecular formula is C18H22O2. The van der Waals surface area contributed by atoms with E-state index < -0.39 is 0 Å². The average Bonchev–Trinajstić information content (AvgIpc) is 2.50. The molecule has 0 heterocycles. The second-order valence-corrected chi connectivity index (χ2v) is 5.13. The Morgan fingerprint density at radius 3 is 2.70 bits per heavy atom. The largest absolute Gasteiger partial charge is 0.497 e. The molecule has 0 radical (unpaired) electrons. The molecule has 0 saturated carbocycles. The summed E-state index contributed by atoms with van der Waals surface area (Å²) in [6.07, 6.45) is 5.15. The first-order chi connectivity index (χ1) is 9.76. The molecule has 0 spiro atoms. The van der Waals surface area contributed by atoms with Gasteiger partial charge in [-0.25, -0.2) is 0 Å². The third kappa shape index (κ3) is 3.38. The number of rotatable bonds is 7. The number of ketones is 1. The summed E-state index contributed by atoms with van der Waals surface area (Å²) in [4.78, 5) is 12.4. The lowest BCUT2D eigenvalue weighted by Gasteiger charge is -2.08. The molecule has 0 aliphatic rings. The van der Waals surface area contributed by atoms with Crippen LogP contribution in [0.15, 0.2) is 36.4 Å². The van der Waals surface area contributed by atoms with Crippen LogP contribution in [0.3, 0.4) is 0 Å². The number of ether oxygens (including phenoxy) is 1. The van der Waals surface area contributed by atoms with Gasteiger partial charge < -0.3 is 4.74 Å². The smallest absolute Gasteiger partial charge is 0.163 e. The van der Waals surface area contributed by atoms with Crippen LogP contribution in [0, 0.1) is 0 Å². The minimum atomic E-state index is 0.236. The highest BCUT2D eigenvalue weighted by Gasteiger charge is 2.10. The third-order valence-corrected chi connectivity index (χ3v) is 3.65. The minimum absolute atomic E-state index is 0.236. The summed E-state index contributed by atoms with van der Waals surface area (Å²) < 4.78 is 5.26. The fourth-order valence-electron chi connectivity index (χ4n) is 2.47. The number of Topliss-reactive ketones (excluding diaryl/α,β-unsaturated/α-hetero) is 1. The number of methoxy groups -OCH3 is 1. The predicted molar refractivity (Wildman–Crippen MR) is 83.6 cm³/mol. The fourth-order valence-corrected chi connectivity index (χ4v) is 2.47. The van der Waals surface area contributed by atoms with Gasteiger partial charge in [0, 0.05) is 12.0 Å². The summed E-state index contributed by atoms with van der Waals surface area (Å²) in [6, 6.07) is 11.8.